The molecule has 33 heavy (non-hydrogen) atoms. The standard InChI is InChI=1S/C28H42O5/c1-4-5-19-28(2,3)26(30)18-17-22-23(15-11-6-7-12-16-27(31)32)25(20-24(22)29)33-21-13-9-8-10-14-21/h6-10,13-14,17-18,22-26,29-30H,4-5,11-12,15-16,19-20H2,1-3H3,(H,31,32)/b7-6-,18-17+/t22-,23-,24-,25-,26?/m1/s1. The number of carbonyl (C=O) groups is 1. The highest BCUT2D eigenvalue weighted by Crippen LogP contribution is 2.40. The summed E-state index contributed by atoms with van der Waals surface area (Å²) in [7, 11) is 0. The van der Waals surface area contributed by atoms with Gasteiger partial charge in [-0.3, -0.25) is 4.79 Å². The van der Waals surface area contributed by atoms with Crippen molar-refractivity contribution in [3.63, 3.8) is 0 Å². The molecule has 0 aromatic heterocycles. The van der Waals surface area contributed by atoms with Crippen LogP contribution in [-0.2, 0) is 4.79 Å². The van der Waals surface area contributed by atoms with Crippen LogP contribution in [0, 0.1) is 17.3 Å². The SMILES string of the molecule is CCCCC(C)(C)C(O)/C=C/[C@@H]1[C@@H](CC/C=C\CCC(=O)O)[C@H](Oc2ccccc2)C[C@H]1O. The molecule has 1 unspecified atom stereocenters. The van der Waals surface area contributed by atoms with E-state index in [1.807, 2.05) is 54.6 Å². The number of aliphatic carboxylic acids is 1. The van der Waals surface area contributed by atoms with Crippen molar-refractivity contribution in [1.82, 2.24) is 0 Å². The molecule has 2 rings (SSSR count). The summed E-state index contributed by atoms with van der Waals surface area (Å²) in [6.07, 6.45) is 12.5. The molecule has 5 nitrogen and oxygen atoms in total. The second-order valence-corrected chi connectivity index (χ2v) is 9.92. The van der Waals surface area contributed by atoms with Gasteiger partial charge in [0, 0.05) is 24.7 Å². The third-order valence-electron chi connectivity index (χ3n) is 6.77. The first kappa shape index (κ1) is 27.1. The van der Waals surface area contributed by atoms with Gasteiger partial charge in [-0.25, -0.2) is 0 Å². The fourth-order valence-corrected chi connectivity index (χ4v) is 4.57. The van der Waals surface area contributed by atoms with Crippen LogP contribution in [0.3, 0.4) is 0 Å². The number of aliphatic hydroxyl groups is 2. The molecule has 184 valence electrons. The van der Waals surface area contributed by atoms with E-state index in [9.17, 15) is 15.0 Å². The third kappa shape index (κ3) is 8.98. The maximum Gasteiger partial charge on any atom is 0.303 e. The summed E-state index contributed by atoms with van der Waals surface area (Å²) in [5.74, 6) is 0.0110. The number of rotatable bonds is 14. The van der Waals surface area contributed by atoms with Gasteiger partial charge in [0.05, 0.1) is 12.2 Å². The Kier molecular flexibility index (Phi) is 11.2. The Hall–Kier alpha value is -2.11. The van der Waals surface area contributed by atoms with Gasteiger partial charge in [0.25, 0.3) is 0 Å². The minimum absolute atomic E-state index is 0.0947. The first-order valence-electron chi connectivity index (χ1n) is 12.4. The molecule has 0 saturated heterocycles. The van der Waals surface area contributed by atoms with Crippen molar-refractivity contribution < 1.29 is 24.9 Å². The van der Waals surface area contributed by atoms with Crippen molar-refractivity contribution in [3.8, 4) is 5.75 Å². The maximum absolute atomic E-state index is 10.9. The normalized spacial score (nSPS) is 24.5. The average Bonchev–Trinajstić information content (AvgIpc) is 3.07. The fourth-order valence-electron chi connectivity index (χ4n) is 4.57. The summed E-state index contributed by atoms with van der Waals surface area (Å²) in [4.78, 5) is 10.7. The quantitative estimate of drug-likeness (QED) is 0.308. The second kappa shape index (κ2) is 13.6. The highest BCUT2D eigenvalue weighted by molar-refractivity contribution is 5.66. The van der Waals surface area contributed by atoms with Gasteiger partial charge in [0.2, 0.25) is 0 Å². The molecule has 1 aromatic carbocycles. The summed E-state index contributed by atoms with van der Waals surface area (Å²) in [5, 5.41) is 30.5. The number of ether oxygens (including phenoxy) is 1. The van der Waals surface area contributed by atoms with Gasteiger partial charge in [-0.05, 0) is 43.2 Å². The molecule has 0 radical (unpaired) electrons. The van der Waals surface area contributed by atoms with Gasteiger partial charge in [-0.2, -0.15) is 0 Å². The van der Waals surface area contributed by atoms with Crippen molar-refractivity contribution in [2.75, 3.05) is 0 Å². The second-order valence-electron chi connectivity index (χ2n) is 9.92. The molecule has 0 aliphatic heterocycles. The summed E-state index contributed by atoms with van der Waals surface area (Å²) < 4.78 is 6.27. The van der Waals surface area contributed by atoms with E-state index in [0.717, 1.165) is 37.9 Å². The predicted molar refractivity (Wildman–Crippen MR) is 132 cm³/mol. The average molecular weight is 459 g/mol. The van der Waals surface area contributed by atoms with E-state index >= 15 is 0 Å². The summed E-state index contributed by atoms with van der Waals surface area (Å²) in [6.45, 7) is 6.33. The summed E-state index contributed by atoms with van der Waals surface area (Å²) in [5.41, 5.74) is -0.210. The summed E-state index contributed by atoms with van der Waals surface area (Å²) >= 11 is 0. The zero-order chi connectivity index (χ0) is 24.3. The van der Waals surface area contributed by atoms with E-state index in [2.05, 4.69) is 20.8 Å². The maximum atomic E-state index is 10.9. The van der Waals surface area contributed by atoms with Crippen LogP contribution >= 0.6 is 0 Å². The Morgan fingerprint density at radius 2 is 1.91 bits per heavy atom. The van der Waals surface area contributed by atoms with Gasteiger partial charge in [0.15, 0.2) is 0 Å². The molecule has 3 N–H and O–H groups in total. The first-order chi connectivity index (χ1) is 15.7. The lowest BCUT2D eigenvalue weighted by Gasteiger charge is -2.29. The third-order valence-corrected chi connectivity index (χ3v) is 6.77. The number of allylic oxidation sites excluding steroid dienone is 2. The van der Waals surface area contributed by atoms with Gasteiger partial charge < -0.3 is 20.1 Å². The van der Waals surface area contributed by atoms with Crippen molar-refractivity contribution in [3.05, 3.63) is 54.6 Å². The number of para-hydroxylation sites is 1. The lowest BCUT2D eigenvalue weighted by Crippen LogP contribution is -2.29. The van der Waals surface area contributed by atoms with Gasteiger partial charge >= 0.3 is 5.97 Å². The van der Waals surface area contributed by atoms with Crippen molar-refractivity contribution >= 4 is 5.97 Å². The van der Waals surface area contributed by atoms with Crippen LogP contribution in [-0.4, -0.2) is 39.6 Å². The molecule has 5 heteroatoms. The molecular weight excluding hydrogens is 416 g/mol. The smallest absolute Gasteiger partial charge is 0.303 e. The van der Waals surface area contributed by atoms with E-state index in [1.54, 1.807) is 0 Å². The number of hydrogen-bond acceptors (Lipinski definition) is 4. The van der Waals surface area contributed by atoms with Crippen LogP contribution in [0.2, 0.25) is 0 Å². The number of benzene rings is 1. The van der Waals surface area contributed by atoms with E-state index in [4.69, 9.17) is 9.84 Å². The number of carboxylic acids is 1. The van der Waals surface area contributed by atoms with E-state index in [1.165, 1.54) is 0 Å². The Balaban J connectivity index is 2.09. The fraction of sp³-hybridized carbons (Fsp3) is 0.607. The van der Waals surface area contributed by atoms with Crippen LogP contribution in [0.1, 0.15) is 72.1 Å². The Morgan fingerprint density at radius 1 is 1.21 bits per heavy atom. The molecule has 1 saturated carbocycles. The molecule has 0 amide bonds. The lowest BCUT2D eigenvalue weighted by atomic mass is 9.80. The van der Waals surface area contributed by atoms with Crippen LogP contribution < -0.4 is 4.74 Å². The topological polar surface area (TPSA) is 87.0 Å². The van der Waals surface area contributed by atoms with Crippen molar-refractivity contribution in [2.45, 2.75) is 90.4 Å². The summed E-state index contributed by atoms with van der Waals surface area (Å²) in [6, 6.07) is 9.68. The molecule has 5 atom stereocenters. The van der Waals surface area contributed by atoms with E-state index in [-0.39, 0.29) is 29.8 Å². The number of carboxylic acid groups (broad SMARTS) is 1. The molecular formula is C28H42O5. The van der Waals surface area contributed by atoms with Crippen LogP contribution in [0.5, 0.6) is 5.75 Å². The predicted octanol–water partition coefficient (Wildman–Crippen LogP) is 5.77. The van der Waals surface area contributed by atoms with Crippen molar-refractivity contribution in [2.24, 2.45) is 17.3 Å². The largest absolute Gasteiger partial charge is 0.490 e. The molecule has 1 aliphatic rings. The molecule has 0 heterocycles. The number of aliphatic hydroxyl groups excluding tert-OH is 2. The minimum Gasteiger partial charge on any atom is -0.490 e. The molecule has 1 aliphatic carbocycles. The molecule has 1 fully saturated rings. The zero-order valence-electron chi connectivity index (χ0n) is 20.4. The Bertz CT molecular complexity index is 755. The highest BCUT2D eigenvalue weighted by Gasteiger charge is 2.42. The van der Waals surface area contributed by atoms with Gasteiger partial charge in [-0.1, -0.05) is 76.1 Å². The van der Waals surface area contributed by atoms with Crippen LogP contribution in [0.25, 0.3) is 0 Å². The number of unbranched alkanes of at least 4 members (excludes halogenated alkanes) is 1. The Morgan fingerprint density at radius 3 is 2.58 bits per heavy atom. The monoisotopic (exact) mass is 458 g/mol. The van der Waals surface area contributed by atoms with E-state index < -0.39 is 18.2 Å². The highest BCUT2D eigenvalue weighted by atomic mass is 16.5. The molecule has 0 bridgehead atoms. The zero-order valence-corrected chi connectivity index (χ0v) is 20.4. The van der Waals surface area contributed by atoms with Crippen LogP contribution in [0.15, 0.2) is 54.6 Å². The van der Waals surface area contributed by atoms with Gasteiger partial charge in [0.1, 0.15) is 11.9 Å². The number of hydrogen-bond donors (Lipinski definition) is 3. The molecule has 0 spiro atoms. The van der Waals surface area contributed by atoms with Gasteiger partial charge in [-0.15, -0.1) is 0 Å². The van der Waals surface area contributed by atoms with Crippen molar-refractivity contribution in [1.29, 1.82) is 0 Å². The molecule has 1 aromatic rings. The van der Waals surface area contributed by atoms with Crippen LogP contribution in [0.4, 0.5) is 0 Å². The first-order valence-corrected chi connectivity index (χ1v) is 12.4. The Labute approximate surface area is 199 Å². The lowest BCUT2D eigenvalue weighted by molar-refractivity contribution is -0.136. The minimum atomic E-state index is -0.791. The van der Waals surface area contributed by atoms with E-state index in [0.29, 0.717) is 12.8 Å².